The van der Waals surface area contributed by atoms with Gasteiger partial charge in [-0.25, -0.2) is 0 Å². The quantitative estimate of drug-likeness (QED) is 0.614. The third-order valence-electron chi connectivity index (χ3n) is 4.37. The molecule has 0 unspecified atom stereocenters. The molecule has 0 atom stereocenters. The maximum absolute atomic E-state index is 6.11. The van der Waals surface area contributed by atoms with E-state index in [1.807, 2.05) is 6.07 Å². The molecule has 1 saturated heterocycles. The Labute approximate surface area is 129 Å². The third kappa shape index (κ3) is 3.61. The Bertz CT molecular complexity index is 481. The molecule has 0 aromatic heterocycles. The lowest BCUT2D eigenvalue weighted by molar-refractivity contribution is 0.00578. The minimum atomic E-state index is -0.330. The molecular formula is C17H27BO3. The van der Waals surface area contributed by atoms with Gasteiger partial charge in [-0.05, 0) is 64.2 Å². The van der Waals surface area contributed by atoms with Gasteiger partial charge < -0.3 is 14.0 Å². The Balaban J connectivity index is 2.17. The minimum Gasteiger partial charge on any atom is -0.494 e. The van der Waals surface area contributed by atoms with Gasteiger partial charge in [0.15, 0.2) is 0 Å². The molecule has 116 valence electrons. The van der Waals surface area contributed by atoms with Gasteiger partial charge in [0, 0.05) is 0 Å². The molecule has 0 spiro atoms. The second-order valence-electron chi connectivity index (χ2n) is 6.87. The fourth-order valence-corrected chi connectivity index (χ4v) is 2.31. The van der Waals surface area contributed by atoms with Gasteiger partial charge in [-0.2, -0.15) is 0 Å². The number of ether oxygens (including phenoxy) is 1. The highest BCUT2D eigenvalue weighted by molar-refractivity contribution is 6.62. The van der Waals surface area contributed by atoms with Crippen molar-refractivity contribution in [1.29, 1.82) is 0 Å². The first-order valence-electron chi connectivity index (χ1n) is 7.85. The number of unbranched alkanes of at least 4 members (excludes halogenated alkanes) is 1. The summed E-state index contributed by atoms with van der Waals surface area (Å²) in [6.45, 7) is 13.3. The van der Waals surface area contributed by atoms with Gasteiger partial charge in [0.2, 0.25) is 0 Å². The molecule has 21 heavy (non-hydrogen) atoms. The minimum absolute atomic E-state index is 0.315. The monoisotopic (exact) mass is 290 g/mol. The van der Waals surface area contributed by atoms with Crippen LogP contribution in [0.25, 0.3) is 0 Å². The molecule has 4 heteroatoms. The van der Waals surface area contributed by atoms with Gasteiger partial charge in [-0.15, -0.1) is 0 Å². The van der Waals surface area contributed by atoms with E-state index in [0.29, 0.717) is 0 Å². The number of benzene rings is 1. The largest absolute Gasteiger partial charge is 0.494 e. The highest BCUT2D eigenvalue weighted by Gasteiger charge is 2.51. The molecule has 1 fully saturated rings. The SMILES string of the molecule is CCCCOc1cc(C)cc(B2OC(C)(C)C(C)(C)O2)c1. The van der Waals surface area contributed by atoms with Crippen molar-refractivity contribution in [2.75, 3.05) is 6.61 Å². The van der Waals surface area contributed by atoms with Crippen LogP contribution in [-0.2, 0) is 9.31 Å². The van der Waals surface area contributed by atoms with Crippen LogP contribution in [0, 0.1) is 6.92 Å². The molecule has 0 saturated carbocycles. The van der Waals surface area contributed by atoms with Crippen LogP contribution in [0.2, 0.25) is 0 Å². The maximum Gasteiger partial charge on any atom is 0.494 e. The summed E-state index contributed by atoms with van der Waals surface area (Å²) >= 11 is 0. The van der Waals surface area contributed by atoms with Crippen molar-refractivity contribution in [2.45, 2.75) is 65.6 Å². The van der Waals surface area contributed by atoms with E-state index in [1.54, 1.807) is 0 Å². The van der Waals surface area contributed by atoms with Crippen LogP contribution >= 0.6 is 0 Å². The van der Waals surface area contributed by atoms with Crippen LogP contribution in [0.5, 0.6) is 5.75 Å². The second-order valence-corrected chi connectivity index (χ2v) is 6.87. The van der Waals surface area contributed by atoms with Crippen LogP contribution < -0.4 is 10.2 Å². The molecule has 0 aliphatic carbocycles. The summed E-state index contributed by atoms with van der Waals surface area (Å²) in [5.41, 5.74) is 1.56. The van der Waals surface area contributed by atoms with E-state index >= 15 is 0 Å². The number of rotatable bonds is 5. The number of hydrogen-bond donors (Lipinski definition) is 0. The Hall–Kier alpha value is -0.995. The zero-order valence-corrected chi connectivity index (χ0v) is 14.2. The van der Waals surface area contributed by atoms with Crippen LogP contribution in [0.4, 0.5) is 0 Å². The van der Waals surface area contributed by atoms with Crippen LogP contribution in [0.1, 0.15) is 53.0 Å². The van der Waals surface area contributed by atoms with E-state index in [9.17, 15) is 0 Å². The lowest BCUT2D eigenvalue weighted by atomic mass is 9.78. The standard InChI is InChI=1S/C17H27BO3/c1-7-8-9-19-15-11-13(2)10-14(12-15)18-20-16(3,4)17(5,6)21-18/h10-12H,7-9H2,1-6H3. The lowest BCUT2D eigenvalue weighted by Crippen LogP contribution is -2.41. The van der Waals surface area contributed by atoms with E-state index in [-0.39, 0.29) is 18.3 Å². The molecule has 0 radical (unpaired) electrons. The van der Waals surface area contributed by atoms with Crippen molar-refractivity contribution in [1.82, 2.24) is 0 Å². The maximum atomic E-state index is 6.11. The van der Waals surface area contributed by atoms with Gasteiger partial charge in [-0.3, -0.25) is 0 Å². The highest BCUT2D eigenvalue weighted by atomic mass is 16.7. The second kappa shape index (κ2) is 6.01. The first-order chi connectivity index (χ1) is 9.75. The zero-order valence-electron chi connectivity index (χ0n) is 14.2. The summed E-state index contributed by atoms with van der Waals surface area (Å²) in [6, 6.07) is 6.20. The first kappa shape index (κ1) is 16.4. The summed E-state index contributed by atoms with van der Waals surface area (Å²) in [6.07, 6.45) is 2.20. The first-order valence-corrected chi connectivity index (χ1v) is 7.85. The zero-order chi connectivity index (χ0) is 15.7. The van der Waals surface area contributed by atoms with Gasteiger partial charge in [0.05, 0.1) is 17.8 Å². The molecular weight excluding hydrogens is 263 g/mol. The van der Waals surface area contributed by atoms with Crippen molar-refractivity contribution < 1.29 is 14.0 Å². The number of hydrogen-bond acceptors (Lipinski definition) is 3. The fraction of sp³-hybridized carbons (Fsp3) is 0.647. The van der Waals surface area contributed by atoms with Gasteiger partial charge in [0.1, 0.15) is 5.75 Å². The van der Waals surface area contributed by atoms with Gasteiger partial charge >= 0.3 is 7.12 Å². The average Bonchev–Trinajstić information content (AvgIpc) is 2.58. The molecule has 1 heterocycles. The van der Waals surface area contributed by atoms with Crippen molar-refractivity contribution in [3.05, 3.63) is 23.8 Å². The highest BCUT2D eigenvalue weighted by Crippen LogP contribution is 2.36. The molecule has 1 aliphatic rings. The van der Waals surface area contributed by atoms with Crippen molar-refractivity contribution in [2.24, 2.45) is 0 Å². The molecule has 0 bridgehead atoms. The van der Waals surface area contributed by atoms with Gasteiger partial charge in [-0.1, -0.05) is 19.4 Å². The summed E-state index contributed by atoms with van der Waals surface area (Å²) in [4.78, 5) is 0. The molecule has 0 N–H and O–H groups in total. The molecule has 1 aliphatic heterocycles. The predicted molar refractivity (Wildman–Crippen MR) is 87.3 cm³/mol. The third-order valence-corrected chi connectivity index (χ3v) is 4.37. The Morgan fingerprint density at radius 1 is 1.05 bits per heavy atom. The molecule has 2 rings (SSSR count). The van der Waals surface area contributed by atoms with Crippen LogP contribution in [0.3, 0.4) is 0 Å². The van der Waals surface area contributed by atoms with Gasteiger partial charge in [0.25, 0.3) is 0 Å². The molecule has 0 amide bonds. The van der Waals surface area contributed by atoms with Crippen molar-refractivity contribution in [3.63, 3.8) is 0 Å². The van der Waals surface area contributed by atoms with E-state index in [4.69, 9.17) is 14.0 Å². The number of aryl methyl sites for hydroxylation is 1. The summed E-state index contributed by atoms with van der Waals surface area (Å²) in [5, 5.41) is 0. The smallest absolute Gasteiger partial charge is 0.494 e. The topological polar surface area (TPSA) is 27.7 Å². The average molecular weight is 290 g/mol. The molecule has 1 aromatic carbocycles. The van der Waals surface area contributed by atoms with E-state index in [0.717, 1.165) is 36.2 Å². The van der Waals surface area contributed by atoms with E-state index < -0.39 is 0 Å². The summed E-state index contributed by atoms with van der Waals surface area (Å²) in [5.74, 6) is 0.896. The lowest BCUT2D eigenvalue weighted by Gasteiger charge is -2.32. The normalized spacial score (nSPS) is 19.8. The van der Waals surface area contributed by atoms with Crippen molar-refractivity contribution in [3.8, 4) is 5.75 Å². The Morgan fingerprint density at radius 3 is 2.24 bits per heavy atom. The Morgan fingerprint density at radius 2 is 1.67 bits per heavy atom. The molecule has 1 aromatic rings. The van der Waals surface area contributed by atoms with Crippen molar-refractivity contribution >= 4 is 12.6 Å². The van der Waals surface area contributed by atoms with Crippen LogP contribution in [-0.4, -0.2) is 24.9 Å². The van der Waals surface area contributed by atoms with E-state index in [1.165, 1.54) is 0 Å². The molecule has 3 nitrogen and oxygen atoms in total. The summed E-state index contributed by atoms with van der Waals surface area (Å²) < 4.78 is 18.0. The predicted octanol–water partition coefficient (Wildman–Crippen LogP) is 3.47. The van der Waals surface area contributed by atoms with Crippen LogP contribution in [0.15, 0.2) is 18.2 Å². The Kier molecular flexibility index (Phi) is 4.69. The fourth-order valence-electron chi connectivity index (χ4n) is 2.31. The summed E-state index contributed by atoms with van der Waals surface area (Å²) in [7, 11) is -0.330. The van der Waals surface area contributed by atoms with E-state index in [2.05, 4.69) is 53.7 Å².